The predicted octanol–water partition coefficient (Wildman–Crippen LogP) is 2.87. The molecule has 0 saturated carbocycles. The van der Waals surface area contributed by atoms with Crippen LogP contribution in [-0.4, -0.2) is 58.7 Å². The number of carboxylic acid groups (broad SMARTS) is 1. The van der Waals surface area contributed by atoms with E-state index in [2.05, 4.69) is 30.8 Å². The fraction of sp³-hybridized carbons (Fsp3) is 0.308. The molecule has 3 aromatic rings. The zero-order valence-corrected chi connectivity index (χ0v) is 20.2. The Hall–Kier alpha value is -4.54. The van der Waals surface area contributed by atoms with Gasteiger partial charge in [0.05, 0.1) is 0 Å². The first-order valence-corrected chi connectivity index (χ1v) is 12.1. The Labute approximate surface area is 214 Å². The molecule has 1 atom stereocenters. The van der Waals surface area contributed by atoms with E-state index in [1.807, 2.05) is 42.5 Å². The van der Waals surface area contributed by atoms with Gasteiger partial charge in [0, 0.05) is 49.3 Å². The highest BCUT2D eigenvalue weighted by Gasteiger charge is 2.27. The van der Waals surface area contributed by atoms with E-state index in [9.17, 15) is 19.5 Å². The van der Waals surface area contributed by atoms with E-state index >= 15 is 0 Å². The molecule has 0 bridgehead atoms. The molecule has 1 fully saturated rings. The van der Waals surface area contributed by atoms with Gasteiger partial charge in [-0.1, -0.05) is 36.4 Å². The third-order valence-electron chi connectivity index (χ3n) is 6.12. The largest absolute Gasteiger partial charge is 0.480 e. The molecular formula is C26H30N6O5. The normalized spacial score (nSPS) is 14.4. The van der Waals surface area contributed by atoms with Gasteiger partial charge in [0.25, 0.3) is 0 Å². The van der Waals surface area contributed by atoms with Crippen LogP contribution in [0.25, 0.3) is 0 Å². The van der Waals surface area contributed by atoms with Crippen LogP contribution in [0, 0.1) is 5.92 Å². The molecule has 2 aromatic carbocycles. The number of hydrogen-bond acceptors (Lipinski definition) is 7. The third kappa shape index (κ3) is 7.47. The second-order valence-electron chi connectivity index (χ2n) is 8.72. The summed E-state index contributed by atoms with van der Waals surface area (Å²) in [7, 11) is 0. The number of benzene rings is 2. The van der Waals surface area contributed by atoms with Crippen LogP contribution in [0.3, 0.4) is 0 Å². The lowest BCUT2D eigenvalue weighted by Crippen LogP contribution is -2.50. The standard InChI is InChI=1S/C26H30N6O5/c33-23(29-16-22(24(34)35)31-26(36)37-17-18-5-2-1-3-6-18)19-9-13-32(14-10-19)21-8-4-7-20(15-21)30-25-27-11-12-28-25/h1-8,11-12,15,19,22H,9-10,13-14,16-17H2,(H,29,33)(H,31,36)(H,34,35)(H2,27,28,30). The maximum atomic E-state index is 12.7. The van der Waals surface area contributed by atoms with Crippen molar-refractivity contribution in [3.05, 3.63) is 72.6 Å². The molecule has 5 N–H and O–H groups in total. The molecule has 4 rings (SSSR count). The lowest BCUT2D eigenvalue weighted by Gasteiger charge is -2.33. The van der Waals surface area contributed by atoms with Gasteiger partial charge in [-0.05, 0) is 36.6 Å². The summed E-state index contributed by atoms with van der Waals surface area (Å²) in [6.45, 7) is 1.17. The summed E-state index contributed by atoms with van der Waals surface area (Å²) in [4.78, 5) is 45.7. The smallest absolute Gasteiger partial charge is 0.408 e. The van der Waals surface area contributed by atoms with E-state index in [0.717, 1.165) is 16.9 Å². The van der Waals surface area contributed by atoms with E-state index < -0.39 is 18.1 Å². The number of carbonyl (C=O) groups excluding carboxylic acids is 2. The molecular weight excluding hydrogens is 476 g/mol. The summed E-state index contributed by atoms with van der Waals surface area (Å²) in [6.07, 6.45) is 3.82. The molecule has 1 unspecified atom stereocenters. The molecule has 2 heterocycles. The van der Waals surface area contributed by atoms with Crippen LogP contribution in [-0.2, 0) is 20.9 Å². The lowest BCUT2D eigenvalue weighted by molar-refractivity contribution is -0.139. The molecule has 11 nitrogen and oxygen atoms in total. The van der Waals surface area contributed by atoms with Crippen LogP contribution in [0.4, 0.5) is 22.1 Å². The van der Waals surface area contributed by atoms with Gasteiger partial charge in [-0.3, -0.25) is 4.79 Å². The van der Waals surface area contributed by atoms with E-state index in [1.165, 1.54) is 0 Å². The summed E-state index contributed by atoms with van der Waals surface area (Å²) < 4.78 is 5.08. The fourth-order valence-electron chi connectivity index (χ4n) is 4.10. The average molecular weight is 507 g/mol. The average Bonchev–Trinajstić information content (AvgIpc) is 3.43. The summed E-state index contributed by atoms with van der Waals surface area (Å²) in [5, 5.41) is 17.6. The first kappa shape index (κ1) is 25.5. The number of nitrogens with one attached hydrogen (secondary N) is 4. The van der Waals surface area contributed by atoms with Crippen molar-refractivity contribution in [2.75, 3.05) is 29.9 Å². The minimum atomic E-state index is -1.29. The number of H-pyrrole nitrogens is 1. The molecule has 1 saturated heterocycles. The molecule has 1 aliphatic rings. The predicted molar refractivity (Wildman–Crippen MR) is 137 cm³/mol. The number of alkyl carbamates (subject to hydrolysis) is 1. The van der Waals surface area contributed by atoms with Gasteiger partial charge in [0.1, 0.15) is 12.6 Å². The number of aliphatic carboxylic acids is 1. The Kier molecular flexibility index (Phi) is 8.58. The van der Waals surface area contributed by atoms with Crippen LogP contribution in [0.5, 0.6) is 0 Å². The molecule has 37 heavy (non-hydrogen) atoms. The molecule has 11 heteroatoms. The molecule has 1 aromatic heterocycles. The highest BCUT2D eigenvalue weighted by atomic mass is 16.5. The van der Waals surface area contributed by atoms with Gasteiger partial charge in [-0.25, -0.2) is 14.6 Å². The van der Waals surface area contributed by atoms with Crippen LogP contribution < -0.4 is 20.9 Å². The number of nitrogens with zero attached hydrogens (tertiary/aromatic N) is 2. The number of carbonyl (C=O) groups is 3. The van der Waals surface area contributed by atoms with Crippen molar-refractivity contribution in [2.45, 2.75) is 25.5 Å². The SMILES string of the molecule is O=C(NC(CNC(=O)C1CCN(c2cccc(Nc3ncc[nH]3)c2)CC1)C(=O)O)OCc1ccccc1. The van der Waals surface area contributed by atoms with Crippen molar-refractivity contribution in [3.63, 3.8) is 0 Å². The molecule has 2 amide bonds. The molecule has 0 spiro atoms. The Balaban J connectivity index is 1.21. The minimum absolute atomic E-state index is 0.0196. The third-order valence-corrected chi connectivity index (χ3v) is 6.12. The summed E-state index contributed by atoms with van der Waals surface area (Å²) in [6, 6.07) is 15.7. The van der Waals surface area contributed by atoms with Gasteiger partial charge in [-0.15, -0.1) is 0 Å². The zero-order chi connectivity index (χ0) is 26.0. The van der Waals surface area contributed by atoms with Crippen LogP contribution in [0.1, 0.15) is 18.4 Å². The number of imidazole rings is 1. The Morgan fingerprint density at radius 2 is 1.89 bits per heavy atom. The summed E-state index contributed by atoms with van der Waals surface area (Å²) in [5.41, 5.74) is 2.73. The van der Waals surface area contributed by atoms with Crippen molar-refractivity contribution in [1.82, 2.24) is 20.6 Å². The van der Waals surface area contributed by atoms with Crippen molar-refractivity contribution in [3.8, 4) is 0 Å². The lowest BCUT2D eigenvalue weighted by atomic mass is 9.95. The Bertz CT molecular complexity index is 1180. The van der Waals surface area contributed by atoms with Gasteiger partial charge < -0.3 is 35.7 Å². The topological polar surface area (TPSA) is 149 Å². The highest BCUT2D eigenvalue weighted by molar-refractivity contribution is 5.83. The van der Waals surface area contributed by atoms with Gasteiger partial charge in [0.15, 0.2) is 0 Å². The first-order valence-electron chi connectivity index (χ1n) is 12.1. The minimum Gasteiger partial charge on any atom is -0.480 e. The van der Waals surface area contributed by atoms with Gasteiger partial charge >= 0.3 is 12.1 Å². The number of rotatable bonds is 10. The van der Waals surface area contributed by atoms with Crippen molar-refractivity contribution in [2.24, 2.45) is 5.92 Å². The molecule has 0 aliphatic carbocycles. The number of aromatic nitrogens is 2. The number of aromatic amines is 1. The maximum Gasteiger partial charge on any atom is 0.408 e. The maximum absolute atomic E-state index is 12.7. The number of anilines is 3. The van der Waals surface area contributed by atoms with E-state index in [4.69, 9.17) is 4.74 Å². The zero-order valence-electron chi connectivity index (χ0n) is 20.2. The van der Waals surface area contributed by atoms with Crippen molar-refractivity contribution < 1.29 is 24.2 Å². The van der Waals surface area contributed by atoms with Crippen LogP contribution in [0.2, 0.25) is 0 Å². The summed E-state index contributed by atoms with van der Waals surface area (Å²) in [5.74, 6) is -1.06. The fourth-order valence-corrected chi connectivity index (χ4v) is 4.10. The number of piperidine rings is 1. The van der Waals surface area contributed by atoms with E-state index in [0.29, 0.717) is 31.9 Å². The van der Waals surface area contributed by atoms with Crippen molar-refractivity contribution >= 4 is 35.3 Å². The number of amides is 2. The molecule has 1 aliphatic heterocycles. The summed E-state index contributed by atoms with van der Waals surface area (Å²) >= 11 is 0. The Morgan fingerprint density at radius 1 is 1.11 bits per heavy atom. The number of carboxylic acids is 1. The number of ether oxygens (including phenoxy) is 1. The van der Waals surface area contributed by atoms with E-state index in [-0.39, 0.29) is 25.0 Å². The Morgan fingerprint density at radius 3 is 2.59 bits per heavy atom. The monoisotopic (exact) mass is 506 g/mol. The quantitative estimate of drug-likeness (QED) is 0.282. The number of hydrogen-bond donors (Lipinski definition) is 5. The van der Waals surface area contributed by atoms with E-state index in [1.54, 1.807) is 24.5 Å². The first-order chi connectivity index (χ1) is 18.0. The second kappa shape index (κ2) is 12.4. The van der Waals surface area contributed by atoms with Crippen LogP contribution >= 0.6 is 0 Å². The van der Waals surface area contributed by atoms with Crippen LogP contribution in [0.15, 0.2) is 67.0 Å². The van der Waals surface area contributed by atoms with Gasteiger partial charge in [-0.2, -0.15) is 0 Å². The molecule has 194 valence electrons. The van der Waals surface area contributed by atoms with Gasteiger partial charge in [0.2, 0.25) is 11.9 Å². The molecule has 0 radical (unpaired) electrons. The second-order valence-corrected chi connectivity index (χ2v) is 8.72. The van der Waals surface area contributed by atoms with Crippen molar-refractivity contribution in [1.29, 1.82) is 0 Å². The highest BCUT2D eigenvalue weighted by Crippen LogP contribution is 2.26.